The van der Waals surface area contributed by atoms with E-state index in [1.807, 2.05) is 32.0 Å². The van der Waals surface area contributed by atoms with Crippen molar-refractivity contribution in [3.8, 4) is 11.8 Å². The SMILES string of the molecule is C=C=C.CC.CCC.N#CCN1CCC(N2CCC(C(=O)c3ccc4c(c3)CCO4)CC2)C1=O. The van der Waals surface area contributed by atoms with Crippen LogP contribution >= 0.6 is 0 Å². The summed E-state index contributed by atoms with van der Waals surface area (Å²) < 4.78 is 5.51. The highest BCUT2D eigenvalue weighted by molar-refractivity contribution is 5.98. The van der Waals surface area contributed by atoms with Gasteiger partial charge in [0.05, 0.1) is 18.7 Å². The number of Topliss-reactive ketones (excluding diaryl/α,β-unsaturated/α-hetero) is 1. The van der Waals surface area contributed by atoms with Crippen LogP contribution in [-0.4, -0.2) is 60.3 Å². The molecule has 4 rings (SSSR count). The summed E-state index contributed by atoms with van der Waals surface area (Å²) in [5.41, 5.74) is 4.16. The van der Waals surface area contributed by atoms with Crippen molar-refractivity contribution >= 4 is 11.7 Å². The lowest BCUT2D eigenvalue weighted by atomic mass is 9.87. The molecule has 1 amide bonds. The van der Waals surface area contributed by atoms with Crippen LogP contribution in [0.1, 0.15) is 69.3 Å². The van der Waals surface area contributed by atoms with E-state index in [9.17, 15) is 9.59 Å². The van der Waals surface area contributed by atoms with Crippen LogP contribution in [0.4, 0.5) is 0 Å². The summed E-state index contributed by atoms with van der Waals surface area (Å²) in [5, 5.41) is 8.80. The molecule has 3 heterocycles. The van der Waals surface area contributed by atoms with Gasteiger partial charge in [0, 0.05) is 24.4 Å². The molecule has 186 valence electrons. The lowest BCUT2D eigenvalue weighted by molar-refractivity contribution is -0.132. The first-order valence-electron chi connectivity index (χ1n) is 12.5. The van der Waals surface area contributed by atoms with Crippen LogP contribution in [0.2, 0.25) is 0 Å². The monoisotopic (exact) mass is 467 g/mol. The average Bonchev–Trinajstić information content (AvgIpc) is 3.47. The van der Waals surface area contributed by atoms with Gasteiger partial charge in [0.1, 0.15) is 12.3 Å². The molecule has 1 unspecified atom stereocenters. The third kappa shape index (κ3) is 7.87. The first kappa shape index (κ1) is 29.2. The first-order valence-corrected chi connectivity index (χ1v) is 12.5. The molecule has 6 nitrogen and oxygen atoms in total. The van der Waals surface area contributed by atoms with E-state index in [0.29, 0.717) is 13.2 Å². The van der Waals surface area contributed by atoms with Crippen molar-refractivity contribution in [2.75, 3.05) is 32.8 Å². The van der Waals surface area contributed by atoms with Crippen LogP contribution in [0, 0.1) is 17.2 Å². The molecule has 0 spiro atoms. The normalized spacial score (nSPS) is 19.0. The van der Waals surface area contributed by atoms with Gasteiger partial charge in [-0.3, -0.25) is 14.5 Å². The molecule has 1 aromatic rings. The second kappa shape index (κ2) is 15.9. The van der Waals surface area contributed by atoms with Crippen molar-refractivity contribution in [2.24, 2.45) is 5.92 Å². The van der Waals surface area contributed by atoms with E-state index in [-0.39, 0.29) is 30.2 Å². The summed E-state index contributed by atoms with van der Waals surface area (Å²) in [6, 6.07) is 7.71. The molecule has 3 aliphatic rings. The minimum Gasteiger partial charge on any atom is -0.493 e. The number of piperidine rings is 1. The van der Waals surface area contributed by atoms with Gasteiger partial charge < -0.3 is 9.64 Å². The Morgan fingerprint density at radius 3 is 2.35 bits per heavy atom. The maximum Gasteiger partial charge on any atom is 0.240 e. The van der Waals surface area contributed by atoms with Crippen molar-refractivity contribution in [3.05, 3.63) is 48.2 Å². The predicted molar refractivity (Wildman–Crippen MR) is 137 cm³/mol. The average molecular weight is 468 g/mol. The largest absolute Gasteiger partial charge is 0.493 e. The van der Waals surface area contributed by atoms with Crippen molar-refractivity contribution in [3.63, 3.8) is 0 Å². The number of carbonyl (C=O) groups is 2. The standard InChI is InChI=1S/C20H23N3O3.C3H8.C3H4.C2H6/c21-7-11-23-10-5-17(20(23)25)22-8-3-14(4-9-22)19(24)16-1-2-18-15(13-16)6-12-26-18;2*1-3-2;1-2/h1-2,13-14,17H,3-6,8-12H2;3H2,1-2H3;1-2H2;1-2H3. The molecule has 1 atom stereocenters. The van der Waals surface area contributed by atoms with E-state index in [4.69, 9.17) is 10.00 Å². The van der Waals surface area contributed by atoms with Crippen LogP contribution in [0.5, 0.6) is 5.75 Å². The number of ether oxygens (including phenoxy) is 1. The van der Waals surface area contributed by atoms with Gasteiger partial charge in [-0.1, -0.05) is 47.3 Å². The van der Waals surface area contributed by atoms with Gasteiger partial charge in [-0.2, -0.15) is 5.26 Å². The Labute approximate surface area is 205 Å². The Hall–Kier alpha value is -2.87. The third-order valence-electron chi connectivity index (χ3n) is 5.85. The Bertz CT molecular complexity index is 860. The zero-order chi connectivity index (χ0) is 25.5. The van der Waals surface area contributed by atoms with Crippen LogP contribution < -0.4 is 4.74 Å². The number of amides is 1. The van der Waals surface area contributed by atoms with E-state index >= 15 is 0 Å². The quantitative estimate of drug-likeness (QED) is 0.352. The maximum atomic E-state index is 12.9. The highest BCUT2D eigenvalue weighted by Crippen LogP contribution is 2.30. The fraction of sp³-hybridized carbons (Fsp3) is 0.571. The Morgan fingerprint density at radius 2 is 1.76 bits per heavy atom. The molecule has 3 aliphatic heterocycles. The maximum absolute atomic E-state index is 12.9. The molecular formula is C28H41N3O3. The molecule has 34 heavy (non-hydrogen) atoms. The van der Waals surface area contributed by atoms with Gasteiger partial charge in [-0.25, -0.2) is 0 Å². The van der Waals surface area contributed by atoms with Gasteiger partial charge in [0.2, 0.25) is 5.91 Å². The summed E-state index contributed by atoms with van der Waals surface area (Å²) in [7, 11) is 0. The minimum atomic E-state index is -0.114. The Morgan fingerprint density at radius 1 is 1.15 bits per heavy atom. The summed E-state index contributed by atoms with van der Waals surface area (Å²) in [6.07, 6.45) is 4.48. The zero-order valence-electron chi connectivity index (χ0n) is 21.4. The number of likely N-dealkylation sites (tertiary alicyclic amines) is 2. The van der Waals surface area contributed by atoms with E-state index in [1.165, 1.54) is 6.42 Å². The lowest BCUT2D eigenvalue weighted by Gasteiger charge is -2.34. The Balaban J connectivity index is 0.000000643. The first-order chi connectivity index (χ1) is 16.5. The van der Waals surface area contributed by atoms with Gasteiger partial charge >= 0.3 is 0 Å². The van der Waals surface area contributed by atoms with E-state index in [2.05, 4.69) is 43.7 Å². The van der Waals surface area contributed by atoms with Crippen molar-refractivity contribution < 1.29 is 14.3 Å². The summed E-state index contributed by atoms with van der Waals surface area (Å²) in [4.78, 5) is 29.1. The molecule has 0 saturated carbocycles. The number of benzene rings is 1. The molecule has 0 bridgehead atoms. The number of nitriles is 1. The van der Waals surface area contributed by atoms with Crippen molar-refractivity contribution in [1.29, 1.82) is 5.26 Å². The highest BCUT2D eigenvalue weighted by Gasteiger charge is 2.38. The van der Waals surface area contributed by atoms with Gasteiger partial charge in [0.15, 0.2) is 5.78 Å². The van der Waals surface area contributed by atoms with E-state index in [1.54, 1.807) is 4.90 Å². The van der Waals surface area contributed by atoms with Crippen molar-refractivity contribution in [1.82, 2.24) is 9.80 Å². The molecule has 0 radical (unpaired) electrons. The van der Waals surface area contributed by atoms with E-state index in [0.717, 1.165) is 55.6 Å². The molecular weight excluding hydrogens is 426 g/mol. The number of nitrogens with zero attached hydrogens (tertiary/aromatic N) is 3. The summed E-state index contributed by atoms with van der Waals surface area (Å²) in [5.74, 6) is 1.20. The second-order valence-electron chi connectivity index (χ2n) is 8.27. The number of ketones is 1. The van der Waals surface area contributed by atoms with Gasteiger partial charge in [-0.05, 0) is 56.1 Å². The van der Waals surface area contributed by atoms with Crippen molar-refractivity contribution in [2.45, 2.75) is 65.8 Å². The molecule has 0 aromatic heterocycles. The number of hydrogen-bond acceptors (Lipinski definition) is 5. The van der Waals surface area contributed by atoms with Crippen LogP contribution in [0.3, 0.4) is 0 Å². The lowest BCUT2D eigenvalue weighted by Crippen LogP contribution is -2.46. The van der Waals surface area contributed by atoms with E-state index < -0.39 is 0 Å². The Kier molecular flexibility index (Phi) is 13.6. The van der Waals surface area contributed by atoms with Crippen LogP contribution in [0.15, 0.2) is 37.1 Å². The number of carbonyl (C=O) groups excluding carboxylic acids is 2. The molecule has 0 N–H and O–H groups in total. The topological polar surface area (TPSA) is 73.6 Å². The fourth-order valence-corrected chi connectivity index (χ4v) is 4.35. The minimum absolute atomic E-state index is 0.0262. The smallest absolute Gasteiger partial charge is 0.240 e. The molecule has 6 heteroatoms. The third-order valence-corrected chi connectivity index (χ3v) is 5.85. The van der Waals surface area contributed by atoms with Crippen LogP contribution in [0.25, 0.3) is 0 Å². The number of rotatable bonds is 4. The fourth-order valence-electron chi connectivity index (χ4n) is 4.35. The van der Waals surface area contributed by atoms with Crippen LogP contribution in [-0.2, 0) is 11.2 Å². The zero-order valence-corrected chi connectivity index (χ0v) is 21.4. The highest BCUT2D eigenvalue weighted by atomic mass is 16.5. The molecule has 2 fully saturated rings. The second-order valence-corrected chi connectivity index (χ2v) is 8.27. The van der Waals surface area contributed by atoms with Gasteiger partial charge in [-0.15, -0.1) is 5.73 Å². The summed E-state index contributed by atoms with van der Waals surface area (Å²) >= 11 is 0. The molecule has 0 aliphatic carbocycles. The summed E-state index contributed by atoms with van der Waals surface area (Å²) in [6.45, 7) is 17.6. The number of fused-ring (bicyclic) bond motifs is 1. The predicted octanol–water partition coefficient (Wildman–Crippen LogP) is 5.04. The van der Waals surface area contributed by atoms with Gasteiger partial charge in [0.25, 0.3) is 0 Å². The molecule has 2 saturated heterocycles. The number of hydrogen-bond donors (Lipinski definition) is 0. The molecule has 1 aromatic carbocycles.